The lowest BCUT2D eigenvalue weighted by molar-refractivity contribution is 0.127. The molecule has 0 amide bonds. The van der Waals surface area contributed by atoms with Crippen LogP contribution >= 0.6 is 0 Å². The molecule has 1 aromatic heterocycles. The first-order chi connectivity index (χ1) is 7.58. The maximum Gasteiger partial charge on any atom is 0.138 e. The van der Waals surface area contributed by atoms with Crippen LogP contribution < -0.4 is 0 Å². The smallest absolute Gasteiger partial charge is 0.138 e. The Morgan fingerprint density at radius 1 is 1.56 bits per heavy atom. The molecule has 0 aliphatic carbocycles. The van der Waals surface area contributed by atoms with Crippen LogP contribution in [0.5, 0.6) is 0 Å². The third-order valence-corrected chi connectivity index (χ3v) is 3.55. The van der Waals surface area contributed by atoms with Gasteiger partial charge in [-0.3, -0.25) is 4.90 Å². The molecular weight excluding hydrogens is 204 g/mol. The van der Waals surface area contributed by atoms with E-state index in [0.29, 0.717) is 5.92 Å². The van der Waals surface area contributed by atoms with Gasteiger partial charge in [-0.1, -0.05) is 5.16 Å². The summed E-state index contributed by atoms with van der Waals surface area (Å²) in [7, 11) is 0. The first-order valence-corrected chi connectivity index (χ1v) is 5.90. The average molecular weight is 224 g/mol. The van der Waals surface area contributed by atoms with Crippen molar-refractivity contribution in [2.24, 2.45) is 5.92 Å². The third kappa shape index (κ3) is 2.28. The van der Waals surface area contributed by atoms with Crippen LogP contribution in [0.2, 0.25) is 0 Å². The minimum absolute atomic E-state index is 0.199. The van der Waals surface area contributed by atoms with E-state index in [0.717, 1.165) is 37.5 Å². The van der Waals surface area contributed by atoms with Crippen LogP contribution in [0.1, 0.15) is 30.4 Å². The van der Waals surface area contributed by atoms with E-state index in [1.54, 1.807) is 0 Å². The van der Waals surface area contributed by atoms with Crippen molar-refractivity contribution in [3.63, 3.8) is 0 Å². The molecule has 0 bridgehead atoms. The SMILES string of the molecule is Cc1noc(C)c1CN1CCC(C(C)O)C1. The van der Waals surface area contributed by atoms with E-state index in [1.807, 2.05) is 20.8 Å². The summed E-state index contributed by atoms with van der Waals surface area (Å²) >= 11 is 0. The standard InChI is InChI=1S/C12H20N2O2/c1-8-12(10(3)16-13-8)7-14-5-4-11(6-14)9(2)15/h9,11,15H,4-7H2,1-3H3. The van der Waals surface area contributed by atoms with Gasteiger partial charge in [0.2, 0.25) is 0 Å². The van der Waals surface area contributed by atoms with Crippen LogP contribution in [0.15, 0.2) is 4.52 Å². The van der Waals surface area contributed by atoms with Crippen LogP contribution in [-0.2, 0) is 6.54 Å². The second-order valence-electron chi connectivity index (χ2n) is 4.83. The topological polar surface area (TPSA) is 49.5 Å². The van der Waals surface area contributed by atoms with E-state index in [4.69, 9.17) is 4.52 Å². The molecule has 2 heterocycles. The zero-order valence-electron chi connectivity index (χ0n) is 10.2. The molecule has 4 nitrogen and oxygen atoms in total. The minimum atomic E-state index is -0.199. The molecule has 1 aliphatic rings. The molecule has 1 aromatic rings. The monoisotopic (exact) mass is 224 g/mol. The Balaban J connectivity index is 1.97. The normalized spacial score (nSPS) is 23.9. The summed E-state index contributed by atoms with van der Waals surface area (Å²) in [5, 5.41) is 13.5. The van der Waals surface area contributed by atoms with Crippen LogP contribution in [0, 0.1) is 19.8 Å². The Bertz CT molecular complexity index is 340. The van der Waals surface area contributed by atoms with Gasteiger partial charge in [-0.2, -0.15) is 0 Å². The van der Waals surface area contributed by atoms with Gasteiger partial charge >= 0.3 is 0 Å². The Kier molecular flexibility index (Phi) is 3.30. The van der Waals surface area contributed by atoms with E-state index in [-0.39, 0.29) is 6.10 Å². The number of aryl methyl sites for hydroxylation is 2. The number of aliphatic hydroxyl groups is 1. The van der Waals surface area contributed by atoms with Crippen LogP contribution in [0.3, 0.4) is 0 Å². The lowest BCUT2D eigenvalue weighted by atomic mass is 10.0. The first-order valence-electron chi connectivity index (χ1n) is 5.90. The molecule has 2 atom stereocenters. The Labute approximate surface area is 96.2 Å². The van der Waals surface area contributed by atoms with Gasteiger partial charge in [-0.05, 0) is 39.7 Å². The summed E-state index contributed by atoms with van der Waals surface area (Å²) < 4.78 is 5.15. The number of rotatable bonds is 3. The first kappa shape index (κ1) is 11.6. The summed E-state index contributed by atoms with van der Waals surface area (Å²) in [6.45, 7) is 8.74. The van der Waals surface area contributed by atoms with Crippen molar-refractivity contribution >= 4 is 0 Å². The second-order valence-corrected chi connectivity index (χ2v) is 4.83. The Hall–Kier alpha value is -0.870. The summed E-state index contributed by atoms with van der Waals surface area (Å²) in [6.07, 6.45) is 0.885. The van der Waals surface area contributed by atoms with Gasteiger partial charge in [0.25, 0.3) is 0 Å². The van der Waals surface area contributed by atoms with E-state index in [1.165, 1.54) is 5.56 Å². The molecule has 0 spiro atoms. The van der Waals surface area contributed by atoms with Gasteiger partial charge in [-0.25, -0.2) is 0 Å². The van der Waals surface area contributed by atoms with Crippen molar-refractivity contribution in [2.45, 2.75) is 39.8 Å². The van der Waals surface area contributed by atoms with Crippen LogP contribution in [-0.4, -0.2) is 34.4 Å². The van der Waals surface area contributed by atoms with Gasteiger partial charge in [0.1, 0.15) is 5.76 Å². The van der Waals surface area contributed by atoms with E-state index < -0.39 is 0 Å². The van der Waals surface area contributed by atoms with Crippen molar-refractivity contribution in [1.82, 2.24) is 10.1 Å². The number of aliphatic hydroxyl groups excluding tert-OH is 1. The molecule has 4 heteroatoms. The summed E-state index contributed by atoms with van der Waals surface area (Å²) in [6, 6.07) is 0. The highest BCUT2D eigenvalue weighted by Gasteiger charge is 2.27. The van der Waals surface area contributed by atoms with Crippen molar-refractivity contribution in [3.8, 4) is 0 Å². The molecule has 16 heavy (non-hydrogen) atoms. The lowest BCUT2D eigenvalue weighted by Gasteiger charge is -2.17. The van der Waals surface area contributed by atoms with E-state index in [9.17, 15) is 5.11 Å². The van der Waals surface area contributed by atoms with Crippen molar-refractivity contribution in [1.29, 1.82) is 0 Å². The van der Waals surface area contributed by atoms with Crippen LogP contribution in [0.25, 0.3) is 0 Å². The molecular formula is C12H20N2O2. The minimum Gasteiger partial charge on any atom is -0.393 e. The van der Waals surface area contributed by atoms with E-state index in [2.05, 4.69) is 10.1 Å². The highest BCUT2D eigenvalue weighted by molar-refractivity contribution is 5.20. The second kappa shape index (κ2) is 4.55. The van der Waals surface area contributed by atoms with Gasteiger partial charge < -0.3 is 9.63 Å². The predicted molar refractivity (Wildman–Crippen MR) is 61.0 cm³/mol. The summed E-state index contributed by atoms with van der Waals surface area (Å²) in [5.74, 6) is 1.33. The molecule has 90 valence electrons. The fourth-order valence-corrected chi connectivity index (χ4v) is 2.35. The molecule has 0 radical (unpaired) electrons. The molecule has 1 saturated heterocycles. The van der Waals surface area contributed by atoms with Crippen LogP contribution in [0.4, 0.5) is 0 Å². The molecule has 1 N–H and O–H groups in total. The average Bonchev–Trinajstić information content (AvgIpc) is 2.80. The maximum atomic E-state index is 9.55. The number of hydrogen-bond donors (Lipinski definition) is 1. The largest absolute Gasteiger partial charge is 0.393 e. The third-order valence-electron chi connectivity index (χ3n) is 3.55. The molecule has 2 rings (SSSR count). The zero-order valence-corrected chi connectivity index (χ0v) is 10.2. The molecule has 1 aliphatic heterocycles. The van der Waals surface area contributed by atoms with Crippen molar-refractivity contribution in [3.05, 3.63) is 17.0 Å². The number of likely N-dealkylation sites (tertiary alicyclic amines) is 1. The molecule has 0 saturated carbocycles. The molecule has 1 fully saturated rings. The fourth-order valence-electron chi connectivity index (χ4n) is 2.35. The highest BCUT2D eigenvalue weighted by atomic mass is 16.5. The summed E-state index contributed by atoms with van der Waals surface area (Å²) in [5.41, 5.74) is 2.18. The molecule has 2 unspecified atom stereocenters. The van der Waals surface area contributed by atoms with Gasteiger partial charge in [0.05, 0.1) is 11.8 Å². The van der Waals surface area contributed by atoms with Gasteiger partial charge in [0.15, 0.2) is 0 Å². The predicted octanol–water partition coefficient (Wildman–Crippen LogP) is 1.49. The highest BCUT2D eigenvalue weighted by Crippen LogP contribution is 2.23. The molecule has 0 aromatic carbocycles. The number of nitrogens with zero attached hydrogens (tertiary/aromatic N) is 2. The fraction of sp³-hybridized carbons (Fsp3) is 0.750. The number of hydrogen-bond acceptors (Lipinski definition) is 4. The quantitative estimate of drug-likeness (QED) is 0.845. The number of aromatic nitrogens is 1. The van der Waals surface area contributed by atoms with E-state index >= 15 is 0 Å². The summed E-state index contributed by atoms with van der Waals surface area (Å²) in [4.78, 5) is 2.37. The van der Waals surface area contributed by atoms with Crippen molar-refractivity contribution < 1.29 is 9.63 Å². The Morgan fingerprint density at radius 2 is 2.31 bits per heavy atom. The lowest BCUT2D eigenvalue weighted by Crippen LogP contribution is -2.24. The van der Waals surface area contributed by atoms with Gasteiger partial charge in [-0.15, -0.1) is 0 Å². The zero-order chi connectivity index (χ0) is 11.7. The maximum absolute atomic E-state index is 9.55. The van der Waals surface area contributed by atoms with Crippen molar-refractivity contribution in [2.75, 3.05) is 13.1 Å². The van der Waals surface area contributed by atoms with Gasteiger partial charge in [0, 0.05) is 18.7 Å². The Morgan fingerprint density at radius 3 is 2.81 bits per heavy atom.